The first kappa shape index (κ1) is 26.8. The predicted octanol–water partition coefficient (Wildman–Crippen LogP) is 5.68. The standard InChI is InChI=1S/C29H29N3O5S/c1-18(2)17-25(33)30-19-7-15-24(16-8-19)38-27-26(31-20-5-11-22(36-3)12-6-20)28(34)32(29(27)35)21-9-13-23(37-4)14-10-21/h5-16,18,31H,17H2,1-4H3,(H,30,33). The number of anilines is 3. The molecule has 2 N–H and O–H groups in total. The van der Waals surface area contributed by atoms with Crippen molar-refractivity contribution in [3.8, 4) is 11.5 Å². The summed E-state index contributed by atoms with van der Waals surface area (Å²) in [6.07, 6.45) is 0.432. The van der Waals surface area contributed by atoms with Crippen molar-refractivity contribution in [1.82, 2.24) is 0 Å². The molecule has 1 aliphatic rings. The number of benzene rings is 3. The van der Waals surface area contributed by atoms with Gasteiger partial charge in [-0.05, 0) is 78.7 Å². The summed E-state index contributed by atoms with van der Waals surface area (Å²) in [6.45, 7) is 3.97. The Hall–Kier alpha value is -4.24. The van der Waals surface area contributed by atoms with Gasteiger partial charge in [-0.15, -0.1) is 0 Å². The average molecular weight is 532 g/mol. The highest BCUT2D eigenvalue weighted by molar-refractivity contribution is 8.04. The molecule has 0 aromatic heterocycles. The minimum absolute atomic E-state index is 0.0548. The summed E-state index contributed by atoms with van der Waals surface area (Å²) in [5.74, 6) is 0.598. The van der Waals surface area contributed by atoms with Crippen LogP contribution in [0.1, 0.15) is 20.3 Å². The molecule has 38 heavy (non-hydrogen) atoms. The Bertz CT molecular complexity index is 1350. The summed E-state index contributed by atoms with van der Waals surface area (Å²) in [7, 11) is 3.13. The van der Waals surface area contributed by atoms with E-state index in [2.05, 4.69) is 10.6 Å². The third-order valence-electron chi connectivity index (χ3n) is 5.68. The zero-order valence-electron chi connectivity index (χ0n) is 21.6. The molecule has 0 fully saturated rings. The molecule has 0 saturated heterocycles. The Balaban J connectivity index is 1.62. The van der Waals surface area contributed by atoms with Crippen molar-refractivity contribution in [2.45, 2.75) is 25.2 Å². The SMILES string of the molecule is COc1ccc(NC2=C(Sc3ccc(NC(=O)CC(C)C)cc3)C(=O)N(c3ccc(OC)cc3)C2=O)cc1. The molecule has 0 radical (unpaired) electrons. The molecule has 196 valence electrons. The maximum Gasteiger partial charge on any atom is 0.283 e. The number of nitrogens with zero attached hydrogens (tertiary/aromatic N) is 1. The molecule has 0 bridgehead atoms. The highest BCUT2D eigenvalue weighted by atomic mass is 32.2. The third-order valence-corrected chi connectivity index (χ3v) is 6.77. The summed E-state index contributed by atoms with van der Waals surface area (Å²) in [4.78, 5) is 41.4. The van der Waals surface area contributed by atoms with E-state index in [9.17, 15) is 14.4 Å². The van der Waals surface area contributed by atoms with Crippen LogP contribution in [0.4, 0.5) is 17.1 Å². The Morgan fingerprint density at radius 3 is 1.92 bits per heavy atom. The molecule has 3 aromatic rings. The number of nitrogens with one attached hydrogen (secondary N) is 2. The quantitative estimate of drug-likeness (QED) is 0.325. The Morgan fingerprint density at radius 2 is 1.37 bits per heavy atom. The van der Waals surface area contributed by atoms with Gasteiger partial charge >= 0.3 is 0 Å². The second-order valence-electron chi connectivity index (χ2n) is 8.97. The lowest BCUT2D eigenvalue weighted by atomic mass is 10.1. The van der Waals surface area contributed by atoms with Crippen LogP contribution >= 0.6 is 11.8 Å². The van der Waals surface area contributed by atoms with Gasteiger partial charge in [-0.2, -0.15) is 0 Å². The molecular weight excluding hydrogens is 502 g/mol. The molecule has 8 nitrogen and oxygen atoms in total. The van der Waals surface area contributed by atoms with Crippen LogP contribution in [0.15, 0.2) is 88.3 Å². The molecule has 9 heteroatoms. The number of imide groups is 1. The number of ether oxygens (including phenoxy) is 2. The normalized spacial score (nSPS) is 13.2. The van der Waals surface area contributed by atoms with Crippen molar-refractivity contribution in [2.75, 3.05) is 29.8 Å². The van der Waals surface area contributed by atoms with Gasteiger partial charge in [-0.1, -0.05) is 25.6 Å². The monoisotopic (exact) mass is 531 g/mol. The topological polar surface area (TPSA) is 97.0 Å². The van der Waals surface area contributed by atoms with E-state index in [1.807, 2.05) is 13.8 Å². The summed E-state index contributed by atoms with van der Waals surface area (Å²) >= 11 is 1.19. The largest absolute Gasteiger partial charge is 0.497 e. The highest BCUT2D eigenvalue weighted by Crippen LogP contribution is 2.38. The van der Waals surface area contributed by atoms with Crippen molar-refractivity contribution >= 4 is 46.5 Å². The molecule has 4 rings (SSSR count). The molecular formula is C29H29N3O5S. The van der Waals surface area contributed by atoms with Crippen molar-refractivity contribution in [1.29, 1.82) is 0 Å². The molecule has 3 amide bonds. The van der Waals surface area contributed by atoms with Gasteiger partial charge in [0.05, 0.1) is 19.9 Å². The van der Waals surface area contributed by atoms with Crippen molar-refractivity contribution in [3.05, 3.63) is 83.4 Å². The number of carbonyl (C=O) groups excluding carboxylic acids is 3. The van der Waals surface area contributed by atoms with Crippen molar-refractivity contribution in [3.63, 3.8) is 0 Å². The molecule has 0 atom stereocenters. The molecule has 0 spiro atoms. The van der Waals surface area contributed by atoms with Crippen molar-refractivity contribution < 1.29 is 23.9 Å². The lowest BCUT2D eigenvalue weighted by molar-refractivity contribution is -0.120. The van der Waals surface area contributed by atoms with Crippen LogP contribution in [0.3, 0.4) is 0 Å². The fraction of sp³-hybridized carbons (Fsp3) is 0.207. The molecule has 0 aliphatic carbocycles. The van der Waals surface area contributed by atoms with E-state index in [4.69, 9.17) is 9.47 Å². The molecule has 1 heterocycles. The first-order valence-corrected chi connectivity index (χ1v) is 12.9. The first-order chi connectivity index (χ1) is 18.3. The lowest BCUT2D eigenvalue weighted by Crippen LogP contribution is -2.32. The Kier molecular flexibility index (Phi) is 8.38. The minimum atomic E-state index is -0.462. The van der Waals surface area contributed by atoms with Crippen LogP contribution in [0, 0.1) is 5.92 Å². The number of hydrogen-bond donors (Lipinski definition) is 2. The summed E-state index contributed by atoms with van der Waals surface area (Å²) in [5.41, 5.74) is 1.92. The van der Waals surface area contributed by atoms with Crippen LogP contribution in [-0.2, 0) is 14.4 Å². The Labute approximate surface area is 226 Å². The van der Waals surface area contributed by atoms with Gasteiger partial charge < -0.3 is 20.1 Å². The Morgan fingerprint density at radius 1 is 0.816 bits per heavy atom. The average Bonchev–Trinajstić information content (AvgIpc) is 3.13. The van der Waals surface area contributed by atoms with E-state index >= 15 is 0 Å². The van der Waals surface area contributed by atoms with E-state index in [0.717, 1.165) is 9.80 Å². The summed E-state index contributed by atoms with van der Waals surface area (Å²) in [6, 6.07) is 21.0. The molecule has 0 unspecified atom stereocenters. The van der Waals surface area contributed by atoms with Gasteiger partial charge in [-0.25, -0.2) is 4.90 Å². The first-order valence-electron chi connectivity index (χ1n) is 12.0. The van der Waals surface area contributed by atoms with E-state index in [1.54, 1.807) is 87.0 Å². The zero-order chi connectivity index (χ0) is 27.2. The van der Waals surface area contributed by atoms with Gasteiger partial charge in [0.2, 0.25) is 5.91 Å². The third kappa shape index (κ3) is 6.18. The van der Waals surface area contributed by atoms with E-state index in [-0.39, 0.29) is 22.4 Å². The second kappa shape index (κ2) is 11.9. The maximum absolute atomic E-state index is 13.6. The lowest BCUT2D eigenvalue weighted by Gasteiger charge is -2.15. The smallest absolute Gasteiger partial charge is 0.283 e. The van der Waals surface area contributed by atoms with Gasteiger partial charge in [-0.3, -0.25) is 14.4 Å². The van der Waals surface area contributed by atoms with Crippen LogP contribution in [0.2, 0.25) is 0 Å². The second-order valence-corrected chi connectivity index (χ2v) is 10.1. The molecule has 0 saturated carbocycles. The number of rotatable bonds is 10. The summed E-state index contributed by atoms with van der Waals surface area (Å²) in [5, 5.41) is 6.01. The van der Waals surface area contributed by atoms with Gasteiger partial charge in [0.25, 0.3) is 11.8 Å². The fourth-order valence-corrected chi connectivity index (χ4v) is 4.73. The van der Waals surface area contributed by atoms with Crippen molar-refractivity contribution in [2.24, 2.45) is 5.92 Å². The van der Waals surface area contributed by atoms with Crippen LogP contribution in [-0.4, -0.2) is 31.9 Å². The molecule has 1 aliphatic heterocycles. The minimum Gasteiger partial charge on any atom is -0.497 e. The van der Waals surface area contributed by atoms with Gasteiger partial charge in [0.15, 0.2) is 0 Å². The summed E-state index contributed by atoms with van der Waals surface area (Å²) < 4.78 is 10.4. The van der Waals surface area contributed by atoms with E-state index in [0.29, 0.717) is 35.0 Å². The molecule has 3 aromatic carbocycles. The van der Waals surface area contributed by atoms with Gasteiger partial charge in [0, 0.05) is 22.7 Å². The number of hydrogen-bond acceptors (Lipinski definition) is 7. The zero-order valence-corrected chi connectivity index (χ0v) is 22.4. The highest BCUT2D eigenvalue weighted by Gasteiger charge is 2.40. The fourth-order valence-electron chi connectivity index (χ4n) is 3.81. The number of methoxy groups -OCH3 is 2. The number of thioether (sulfide) groups is 1. The number of amides is 3. The maximum atomic E-state index is 13.6. The number of carbonyl (C=O) groups is 3. The van der Waals surface area contributed by atoms with E-state index in [1.165, 1.54) is 11.8 Å². The predicted molar refractivity (Wildman–Crippen MR) is 150 cm³/mol. The van der Waals surface area contributed by atoms with E-state index < -0.39 is 11.8 Å². The van der Waals surface area contributed by atoms with Crippen LogP contribution in [0.5, 0.6) is 11.5 Å². The van der Waals surface area contributed by atoms with Gasteiger partial charge in [0.1, 0.15) is 22.1 Å². The van der Waals surface area contributed by atoms with Crippen LogP contribution in [0.25, 0.3) is 0 Å². The van der Waals surface area contributed by atoms with Crippen LogP contribution < -0.4 is 25.0 Å².